The van der Waals surface area contributed by atoms with Crippen molar-refractivity contribution in [3.8, 4) is 5.88 Å². The van der Waals surface area contributed by atoms with Gasteiger partial charge in [0.2, 0.25) is 5.88 Å². The van der Waals surface area contributed by atoms with Crippen LogP contribution >= 0.6 is 0 Å². The summed E-state index contributed by atoms with van der Waals surface area (Å²) in [5, 5.41) is 6.94. The van der Waals surface area contributed by atoms with Crippen molar-refractivity contribution in [1.82, 2.24) is 14.8 Å². The number of aromatic nitrogens is 3. The van der Waals surface area contributed by atoms with E-state index >= 15 is 0 Å². The van der Waals surface area contributed by atoms with Crippen LogP contribution < -0.4 is 10.1 Å². The van der Waals surface area contributed by atoms with E-state index in [1.807, 2.05) is 0 Å². The molecule has 0 aromatic carbocycles. The molecule has 0 spiro atoms. The van der Waals surface area contributed by atoms with Crippen LogP contribution in [0.15, 0.2) is 30.7 Å². The van der Waals surface area contributed by atoms with Gasteiger partial charge in [-0.15, -0.1) is 0 Å². The smallest absolute Gasteiger partial charge is 0.257 e. The van der Waals surface area contributed by atoms with Crippen molar-refractivity contribution in [2.24, 2.45) is 0 Å². The number of nitrogens with one attached hydrogen (secondary N) is 1. The standard InChI is InChI=1S/C12H12N4O2/c17-11(9-3-1-4-13-7-9)15-10-8-14-16-5-2-6-18-12(10)16/h1,3-4,7-8H,2,5-6H2,(H,15,17). The molecule has 2 aromatic rings. The van der Waals surface area contributed by atoms with Crippen molar-refractivity contribution in [1.29, 1.82) is 0 Å². The van der Waals surface area contributed by atoms with Gasteiger partial charge in [0.05, 0.1) is 18.4 Å². The van der Waals surface area contributed by atoms with Crippen molar-refractivity contribution in [3.05, 3.63) is 36.3 Å². The molecule has 0 radical (unpaired) electrons. The lowest BCUT2D eigenvalue weighted by Gasteiger charge is -2.16. The van der Waals surface area contributed by atoms with Crippen LogP contribution in [0.4, 0.5) is 5.69 Å². The van der Waals surface area contributed by atoms with Crippen LogP contribution in [0.5, 0.6) is 5.88 Å². The fourth-order valence-electron chi connectivity index (χ4n) is 1.85. The lowest BCUT2D eigenvalue weighted by Crippen LogP contribution is -2.17. The Labute approximate surface area is 104 Å². The molecule has 6 heteroatoms. The molecule has 1 N–H and O–H groups in total. The minimum atomic E-state index is -0.215. The molecule has 0 bridgehead atoms. The number of carbonyl (C=O) groups excluding carboxylic acids is 1. The third-order valence-corrected chi connectivity index (χ3v) is 2.72. The quantitative estimate of drug-likeness (QED) is 0.864. The number of nitrogens with zero attached hydrogens (tertiary/aromatic N) is 3. The van der Waals surface area contributed by atoms with Crippen molar-refractivity contribution < 1.29 is 9.53 Å². The predicted octanol–water partition coefficient (Wildman–Crippen LogP) is 1.31. The first-order valence-electron chi connectivity index (χ1n) is 5.74. The summed E-state index contributed by atoms with van der Waals surface area (Å²) in [5.41, 5.74) is 1.11. The molecule has 0 aliphatic carbocycles. The van der Waals surface area contributed by atoms with Gasteiger partial charge in [0, 0.05) is 25.4 Å². The van der Waals surface area contributed by atoms with Gasteiger partial charge in [0.1, 0.15) is 5.69 Å². The van der Waals surface area contributed by atoms with Crippen LogP contribution in [0, 0.1) is 0 Å². The van der Waals surface area contributed by atoms with Gasteiger partial charge in [0.15, 0.2) is 0 Å². The topological polar surface area (TPSA) is 69.0 Å². The maximum absolute atomic E-state index is 12.0. The molecule has 3 heterocycles. The molecule has 6 nitrogen and oxygen atoms in total. The number of fused-ring (bicyclic) bond motifs is 1. The zero-order valence-electron chi connectivity index (χ0n) is 9.67. The zero-order valence-corrected chi connectivity index (χ0v) is 9.67. The van der Waals surface area contributed by atoms with E-state index in [-0.39, 0.29) is 5.91 Å². The van der Waals surface area contributed by atoms with Crippen LogP contribution in [0.2, 0.25) is 0 Å². The van der Waals surface area contributed by atoms with Crippen LogP contribution in [0.3, 0.4) is 0 Å². The average molecular weight is 244 g/mol. The molecule has 18 heavy (non-hydrogen) atoms. The van der Waals surface area contributed by atoms with E-state index in [4.69, 9.17) is 4.74 Å². The summed E-state index contributed by atoms with van der Waals surface area (Å²) >= 11 is 0. The summed E-state index contributed by atoms with van der Waals surface area (Å²) in [7, 11) is 0. The fraction of sp³-hybridized carbons (Fsp3) is 0.250. The van der Waals surface area contributed by atoms with E-state index in [2.05, 4.69) is 15.4 Å². The summed E-state index contributed by atoms with van der Waals surface area (Å²) in [6, 6.07) is 3.43. The summed E-state index contributed by atoms with van der Waals surface area (Å²) in [6.07, 6.45) is 5.69. The van der Waals surface area contributed by atoms with Crippen molar-refractivity contribution >= 4 is 11.6 Å². The Balaban J connectivity index is 1.81. The van der Waals surface area contributed by atoms with E-state index < -0.39 is 0 Å². The maximum atomic E-state index is 12.0. The SMILES string of the molecule is O=C(Nc1cnn2c1OCCC2)c1cccnc1. The number of hydrogen-bond donors (Lipinski definition) is 1. The highest BCUT2D eigenvalue weighted by atomic mass is 16.5. The highest BCUT2D eigenvalue weighted by Gasteiger charge is 2.18. The van der Waals surface area contributed by atoms with Gasteiger partial charge < -0.3 is 10.1 Å². The average Bonchev–Trinajstić information content (AvgIpc) is 2.83. The first-order valence-corrected chi connectivity index (χ1v) is 5.74. The Morgan fingerprint density at radius 1 is 1.44 bits per heavy atom. The van der Waals surface area contributed by atoms with Crippen molar-refractivity contribution in [2.45, 2.75) is 13.0 Å². The van der Waals surface area contributed by atoms with Gasteiger partial charge in [-0.2, -0.15) is 5.10 Å². The molecule has 1 aliphatic rings. The first-order chi connectivity index (χ1) is 8.84. The summed E-state index contributed by atoms with van der Waals surface area (Å²) in [6.45, 7) is 1.47. The molecule has 0 saturated carbocycles. The van der Waals surface area contributed by atoms with E-state index in [9.17, 15) is 4.79 Å². The molecule has 0 saturated heterocycles. The molecule has 3 rings (SSSR count). The Morgan fingerprint density at radius 2 is 2.39 bits per heavy atom. The van der Waals surface area contributed by atoms with Crippen LogP contribution in [0.1, 0.15) is 16.8 Å². The summed E-state index contributed by atoms with van der Waals surface area (Å²) in [5.74, 6) is 0.409. The largest absolute Gasteiger partial charge is 0.476 e. The Kier molecular flexibility index (Phi) is 2.68. The Hall–Kier alpha value is -2.37. The second-order valence-corrected chi connectivity index (χ2v) is 3.98. The zero-order chi connectivity index (χ0) is 12.4. The van der Waals surface area contributed by atoms with Crippen LogP contribution in [-0.2, 0) is 6.54 Å². The highest BCUT2D eigenvalue weighted by Crippen LogP contribution is 2.27. The number of aryl methyl sites for hydroxylation is 1. The number of amides is 1. The van der Waals surface area contributed by atoms with E-state index in [1.54, 1.807) is 29.2 Å². The number of rotatable bonds is 2. The van der Waals surface area contributed by atoms with Gasteiger partial charge in [-0.25, -0.2) is 4.68 Å². The lowest BCUT2D eigenvalue weighted by atomic mass is 10.2. The van der Waals surface area contributed by atoms with E-state index in [0.717, 1.165) is 13.0 Å². The minimum Gasteiger partial charge on any atom is -0.476 e. The van der Waals surface area contributed by atoms with E-state index in [1.165, 1.54) is 6.20 Å². The minimum absolute atomic E-state index is 0.215. The Bertz CT molecular complexity index is 565. The van der Waals surface area contributed by atoms with E-state index in [0.29, 0.717) is 23.7 Å². The number of carbonyl (C=O) groups is 1. The fourth-order valence-corrected chi connectivity index (χ4v) is 1.85. The van der Waals surface area contributed by atoms with Crippen molar-refractivity contribution in [3.63, 3.8) is 0 Å². The van der Waals surface area contributed by atoms with Crippen LogP contribution in [0.25, 0.3) is 0 Å². The van der Waals surface area contributed by atoms with Gasteiger partial charge in [-0.1, -0.05) is 0 Å². The number of anilines is 1. The molecule has 0 fully saturated rings. The van der Waals surface area contributed by atoms with Crippen LogP contribution in [-0.4, -0.2) is 27.3 Å². The first kappa shape index (κ1) is 10.8. The molecule has 0 atom stereocenters. The molecule has 1 aliphatic heterocycles. The van der Waals surface area contributed by atoms with Gasteiger partial charge >= 0.3 is 0 Å². The second-order valence-electron chi connectivity index (χ2n) is 3.98. The number of pyridine rings is 1. The lowest BCUT2D eigenvalue weighted by molar-refractivity contribution is 0.102. The molecule has 1 amide bonds. The van der Waals surface area contributed by atoms with Crippen molar-refractivity contribution in [2.75, 3.05) is 11.9 Å². The molecule has 2 aromatic heterocycles. The summed E-state index contributed by atoms with van der Waals surface area (Å²) in [4.78, 5) is 15.9. The van der Waals surface area contributed by atoms with Gasteiger partial charge in [-0.05, 0) is 12.1 Å². The molecule has 0 unspecified atom stereocenters. The third kappa shape index (κ3) is 1.92. The normalized spacial score (nSPS) is 13.6. The summed E-state index contributed by atoms with van der Waals surface area (Å²) < 4.78 is 7.25. The number of ether oxygens (including phenoxy) is 1. The monoisotopic (exact) mass is 244 g/mol. The number of hydrogen-bond acceptors (Lipinski definition) is 4. The van der Waals surface area contributed by atoms with Gasteiger partial charge in [0.25, 0.3) is 5.91 Å². The Morgan fingerprint density at radius 3 is 3.22 bits per heavy atom. The molecular weight excluding hydrogens is 232 g/mol. The van der Waals surface area contributed by atoms with Gasteiger partial charge in [-0.3, -0.25) is 9.78 Å². The third-order valence-electron chi connectivity index (χ3n) is 2.72. The predicted molar refractivity (Wildman–Crippen MR) is 64.5 cm³/mol. The second kappa shape index (κ2) is 4.48. The molecule has 92 valence electrons. The maximum Gasteiger partial charge on any atom is 0.257 e. The highest BCUT2D eigenvalue weighted by molar-refractivity contribution is 6.04. The molecular formula is C12H12N4O2.